The van der Waals surface area contributed by atoms with Crippen molar-refractivity contribution >= 4 is 27.6 Å². The van der Waals surface area contributed by atoms with E-state index in [2.05, 4.69) is 21.2 Å². The van der Waals surface area contributed by atoms with Gasteiger partial charge in [0.2, 0.25) is 0 Å². The molecular weight excluding hydrogens is 337 g/mol. The highest BCUT2D eigenvalue weighted by Gasteiger charge is 2.16. The summed E-state index contributed by atoms with van der Waals surface area (Å²) in [7, 11) is 0. The van der Waals surface area contributed by atoms with Gasteiger partial charge in [0, 0.05) is 10.5 Å². The number of halogens is 2. The Morgan fingerprint density at radius 3 is 2.67 bits per heavy atom. The van der Waals surface area contributed by atoms with Crippen LogP contribution in [0.4, 0.5) is 10.1 Å². The second-order valence-corrected chi connectivity index (χ2v) is 5.70. The van der Waals surface area contributed by atoms with Gasteiger partial charge in [-0.1, -0.05) is 18.2 Å². The van der Waals surface area contributed by atoms with Crippen LogP contribution >= 0.6 is 15.9 Å². The molecule has 0 amide bonds. The lowest BCUT2D eigenvalue weighted by Crippen LogP contribution is -2.11. The van der Waals surface area contributed by atoms with E-state index in [1.165, 1.54) is 6.07 Å². The number of carboxylic acid groups (broad SMARTS) is 1. The molecule has 2 rings (SSSR count). The number of carbonyl (C=O) groups is 1. The van der Waals surface area contributed by atoms with E-state index in [0.717, 1.165) is 5.56 Å². The Balaban J connectivity index is 2.31. The van der Waals surface area contributed by atoms with Crippen molar-refractivity contribution in [3.05, 3.63) is 63.4 Å². The molecule has 0 aliphatic carbocycles. The largest absolute Gasteiger partial charge is 0.478 e. The zero-order chi connectivity index (χ0) is 15.6. The fourth-order valence-electron chi connectivity index (χ4n) is 2.06. The van der Waals surface area contributed by atoms with Gasteiger partial charge < -0.3 is 10.4 Å². The quantitative estimate of drug-likeness (QED) is 0.834. The maximum absolute atomic E-state index is 13.6. The van der Waals surface area contributed by atoms with E-state index in [0.29, 0.717) is 15.7 Å². The average Bonchev–Trinajstić information content (AvgIpc) is 2.41. The number of benzene rings is 2. The molecule has 1 atom stereocenters. The van der Waals surface area contributed by atoms with Crippen LogP contribution in [0.25, 0.3) is 0 Å². The second kappa shape index (κ2) is 6.26. The van der Waals surface area contributed by atoms with Gasteiger partial charge in [0.1, 0.15) is 5.82 Å². The van der Waals surface area contributed by atoms with Gasteiger partial charge in [0.25, 0.3) is 0 Å². The van der Waals surface area contributed by atoms with E-state index in [-0.39, 0.29) is 17.4 Å². The van der Waals surface area contributed by atoms with Gasteiger partial charge in [-0.3, -0.25) is 0 Å². The molecule has 0 aliphatic rings. The predicted octanol–water partition coefficient (Wildman–Crippen LogP) is 4.77. The fraction of sp³-hybridized carbons (Fsp3) is 0.188. The number of aromatic carboxylic acids is 1. The first-order chi connectivity index (χ1) is 9.90. The number of hydrogen-bond acceptors (Lipinski definition) is 2. The van der Waals surface area contributed by atoms with Crippen LogP contribution in [0.3, 0.4) is 0 Å². The average molecular weight is 352 g/mol. The Hall–Kier alpha value is -1.88. The summed E-state index contributed by atoms with van der Waals surface area (Å²) in [5.74, 6) is -1.29. The number of hydrogen-bond donors (Lipinski definition) is 2. The molecular formula is C16H15BrFNO2. The molecule has 1 unspecified atom stereocenters. The molecule has 5 heteroatoms. The number of aryl methyl sites for hydroxylation is 1. The Morgan fingerprint density at radius 1 is 1.33 bits per heavy atom. The zero-order valence-electron chi connectivity index (χ0n) is 11.7. The lowest BCUT2D eigenvalue weighted by atomic mass is 10.0. The van der Waals surface area contributed by atoms with E-state index in [1.54, 1.807) is 31.2 Å². The predicted molar refractivity (Wildman–Crippen MR) is 84.3 cm³/mol. The summed E-state index contributed by atoms with van der Waals surface area (Å²) >= 11 is 3.23. The lowest BCUT2D eigenvalue weighted by molar-refractivity contribution is 0.0697. The molecule has 2 aromatic carbocycles. The molecule has 0 saturated heterocycles. The molecule has 0 radical (unpaired) electrons. The fourth-order valence-corrected chi connectivity index (χ4v) is 2.59. The smallest absolute Gasteiger partial charge is 0.338 e. The highest BCUT2D eigenvalue weighted by molar-refractivity contribution is 9.10. The molecule has 21 heavy (non-hydrogen) atoms. The molecule has 110 valence electrons. The molecule has 0 bridgehead atoms. The molecule has 0 fully saturated rings. The highest BCUT2D eigenvalue weighted by atomic mass is 79.9. The molecule has 0 saturated carbocycles. The van der Waals surface area contributed by atoms with Gasteiger partial charge in [-0.15, -0.1) is 0 Å². The van der Waals surface area contributed by atoms with E-state index in [4.69, 9.17) is 0 Å². The van der Waals surface area contributed by atoms with Crippen LogP contribution in [-0.4, -0.2) is 11.1 Å². The summed E-state index contributed by atoms with van der Waals surface area (Å²) in [5, 5.41) is 12.4. The molecule has 0 heterocycles. The maximum atomic E-state index is 13.6. The Labute approximate surface area is 130 Å². The summed E-state index contributed by atoms with van der Waals surface area (Å²) in [4.78, 5) is 11.3. The summed E-state index contributed by atoms with van der Waals surface area (Å²) in [6, 6.07) is 9.90. The van der Waals surface area contributed by atoms with Gasteiger partial charge in [-0.25, -0.2) is 9.18 Å². The molecule has 2 aromatic rings. The second-order valence-electron chi connectivity index (χ2n) is 4.84. The number of carboxylic acids is 1. The first-order valence-corrected chi connectivity index (χ1v) is 7.24. The van der Waals surface area contributed by atoms with Crippen molar-refractivity contribution in [1.29, 1.82) is 0 Å². The van der Waals surface area contributed by atoms with Crippen molar-refractivity contribution in [2.75, 3.05) is 5.32 Å². The third kappa shape index (κ3) is 3.42. The molecule has 0 spiro atoms. The normalized spacial score (nSPS) is 12.0. The summed E-state index contributed by atoms with van der Waals surface area (Å²) in [6.07, 6.45) is 0. The van der Waals surface area contributed by atoms with Gasteiger partial charge in [0.05, 0.1) is 11.3 Å². The molecule has 2 N–H and O–H groups in total. The third-order valence-corrected chi connectivity index (χ3v) is 3.96. The van der Waals surface area contributed by atoms with Gasteiger partial charge in [0.15, 0.2) is 0 Å². The Morgan fingerprint density at radius 2 is 2.05 bits per heavy atom. The van der Waals surface area contributed by atoms with Crippen molar-refractivity contribution in [2.24, 2.45) is 0 Å². The summed E-state index contributed by atoms with van der Waals surface area (Å²) < 4.78 is 14.1. The summed E-state index contributed by atoms with van der Waals surface area (Å²) in [5.41, 5.74) is 2.00. The molecule has 3 nitrogen and oxygen atoms in total. The molecule has 0 aromatic heterocycles. The maximum Gasteiger partial charge on any atom is 0.338 e. The van der Waals surface area contributed by atoms with Crippen LogP contribution in [0.5, 0.6) is 0 Å². The van der Waals surface area contributed by atoms with E-state index >= 15 is 0 Å². The number of rotatable bonds is 4. The van der Waals surface area contributed by atoms with Crippen LogP contribution in [-0.2, 0) is 0 Å². The van der Waals surface area contributed by atoms with Crippen molar-refractivity contribution in [3.63, 3.8) is 0 Å². The van der Waals surface area contributed by atoms with Crippen LogP contribution < -0.4 is 5.32 Å². The van der Waals surface area contributed by atoms with E-state index in [1.807, 2.05) is 13.0 Å². The first kappa shape index (κ1) is 15.5. The number of nitrogens with one attached hydrogen (secondary N) is 1. The first-order valence-electron chi connectivity index (χ1n) is 6.44. The minimum atomic E-state index is -1.02. The topological polar surface area (TPSA) is 49.3 Å². The van der Waals surface area contributed by atoms with Gasteiger partial charge in [-0.2, -0.15) is 0 Å². The monoisotopic (exact) mass is 351 g/mol. The third-order valence-electron chi connectivity index (χ3n) is 3.30. The Kier molecular flexibility index (Phi) is 4.63. The highest BCUT2D eigenvalue weighted by Crippen LogP contribution is 2.28. The van der Waals surface area contributed by atoms with Gasteiger partial charge >= 0.3 is 5.97 Å². The minimum Gasteiger partial charge on any atom is -0.478 e. The standard InChI is InChI=1S/C16H15BrFNO2/c1-9-6-7-11(8-13(9)18)10(2)19-14-5-3-4-12(17)15(14)16(20)21/h3-8,10,19H,1-2H3,(H,20,21). The van der Waals surface area contributed by atoms with Crippen molar-refractivity contribution < 1.29 is 14.3 Å². The zero-order valence-corrected chi connectivity index (χ0v) is 13.2. The van der Waals surface area contributed by atoms with Crippen LogP contribution in [0, 0.1) is 12.7 Å². The minimum absolute atomic E-state index is 0.164. The van der Waals surface area contributed by atoms with Crippen LogP contribution in [0.15, 0.2) is 40.9 Å². The van der Waals surface area contributed by atoms with Crippen LogP contribution in [0.1, 0.15) is 34.5 Å². The van der Waals surface area contributed by atoms with E-state index < -0.39 is 5.97 Å². The van der Waals surface area contributed by atoms with Crippen LogP contribution in [0.2, 0.25) is 0 Å². The van der Waals surface area contributed by atoms with Crippen molar-refractivity contribution in [1.82, 2.24) is 0 Å². The SMILES string of the molecule is Cc1ccc(C(C)Nc2cccc(Br)c2C(=O)O)cc1F. The Bertz CT molecular complexity index is 688. The summed E-state index contributed by atoms with van der Waals surface area (Å²) in [6.45, 7) is 3.56. The lowest BCUT2D eigenvalue weighted by Gasteiger charge is -2.18. The van der Waals surface area contributed by atoms with Crippen molar-refractivity contribution in [3.8, 4) is 0 Å². The number of anilines is 1. The van der Waals surface area contributed by atoms with Crippen molar-refractivity contribution in [2.45, 2.75) is 19.9 Å². The van der Waals surface area contributed by atoms with E-state index in [9.17, 15) is 14.3 Å². The van der Waals surface area contributed by atoms with Gasteiger partial charge in [-0.05, 0) is 59.1 Å². The molecule has 0 aliphatic heterocycles.